The Morgan fingerprint density at radius 2 is 1.65 bits per heavy atom. The van der Waals surface area contributed by atoms with Crippen LogP contribution in [0.5, 0.6) is 0 Å². The molecule has 2 fully saturated rings. The SMILES string of the molecule is CCNC(=NCCN1CCN(C(C)=O)CC1)NCCN1CCOCC1.I. The van der Waals surface area contributed by atoms with Crippen LogP contribution >= 0.6 is 24.0 Å². The molecular weight excluding hydrogens is 447 g/mol. The first-order valence-electron chi connectivity index (χ1n) is 9.49. The smallest absolute Gasteiger partial charge is 0.219 e. The summed E-state index contributed by atoms with van der Waals surface area (Å²) in [6.45, 7) is 15.5. The second kappa shape index (κ2) is 13.5. The third kappa shape index (κ3) is 8.83. The van der Waals surface area contributed by atoms with Crippen molar-refractivity contribution < 1.29 is 9.53 Å². The first kappa shape index (κ1) is 23.4. The molecule has 0 aromatic heterocycles. The second-order valence-electron chi connectivity index (χ2n) is 6.49. The maximum absolute atomic E-state index is 11.4. The summed E-state index contributed by atoms with van der Waals surface area (Å²) in [7, 11) is 0. The molecule has 26 heavy (non-hydrogen) atoms. The quantitative estimate of drug-likeness (QED) is 0.294. The molecule has 2 heterocycles. The van der Waals surface area contributed by atoms with E-state index in [9.17, 15) is 4.79 Å². The van der Waals surface area contributed by atoms with Crippen molar-refractivity contribution in [1.82, 2.24) is 25.3 Å². The van der Waals surface area contributed by atoms with Gasteiger partial charge in [-0.15, -0.1) is 24.0 Å². The molecule has 2 aliphatic rings. The molecule has 2 N–H and O–H groups in total. The molecule has 0 spiro atoms. The molecule has 0 atom stereocenters. The fourth-order valence-corrected chi connectivity index (χ4v) is 3.09. The lowest BCUT2D eigenvalue weighted by atomic mass is 10.3. The summed E-state index contributed by atoms with van der Waals surface area (Å²) in [5.41, 5.74) is 0. The van der Waals surface area contributed by atoms with Crippen LogP contribution < -0.4 is 10.6 Å². The first-order valence-corrected chi connectivity index (χ1v) is 9.49. The van der Waals surface area contributed by atoms with Crippen LogP contribution in [-0.2, 0) is 9.53 Å². The zero-order chi connectivity index (χ0) is 17.9. The number of nitrogens with zero attached hydrogens (tertiary/aromatic N) is 4. The lowest BCUT2D eigenvalue weighted by Gasteiger charge is -2.33. The summed E-state index contributed by atoms with van der Waals surface area (Å²) in [5, 5.41) is 6.72. The lowest BCUT2D eigenvalue weighted by Crippen LogP contribution is -2.48. The summed E-state index contributed by atoms with van der Waals surface area (Å²) in [4.78, 5) is 22.7. The largest absolute Gasteiger partial charge is 0.379 e. The summed E-state index contributed by atoms with van der Waals surface area (Å²) >= 11 is 0. The third-order valence-electron chi connectivity index (χ3n) is 4.67. The molecule has 2 aliphatic heterocycles. The number of piperazine rings is 1. The molecule has 1 amide bonds. The number of aliphatic imine (C=N–C) groups is 1. The van der Waals surface area contributed by atoms with Gasteiger partial charge in [-0.2, -0.15) is 0 Å². The number of guanidine groups is 1. The van der Waals surface area contributed by atoms with E-state index in [4.69, 9.17) is 4.74 Å². The van der Waals surface area contributed by atoms with Crippen LogP contribution in [0.2, 0.25) is 0 Å². The summed E-state index contributed by atoms with van der Waals surface area (Å²) in [6.07, 6.45) is 0. The predicted molar refractivity (Wildman–Crippen MR) is 115 cm³/mol. The lowest BCUT2D eigenvalue weighted by molar-refractivity contribution is -0.130. The molecular formula is C17H35IN6O2. The van der Waals surface area contributed by atoms with E-state index in [2.05, 4.69) is 32.3 Å². The van der Waals surface area contributed by atoms with Crippen LogP contribution in [0.25, 0.3) is 0 Å². The van der Waals surface area contributed by atoms with Crippen LogP contribution in [-0.4, -0.2) is 112 Å². The Morgan fingerprint density at radius 3 is 2.27 bits per heavy atom. The second-order valence-corrected chi connectivity index (χ2v) is 6.49. The Labute approximate surface area is 174 Å². The number of rotatable bonds is 7. The van der Waals surface area contributed by atoms with E-state index in [-0.39, 0.29) is 29.9 Å². The number of hydrogen-bond acceptors (Lipinski definition) is 5. The maximum Gasteiger partial charge on any atom is 0.219 e. The Hall–Kier alpha value is -0.650. The molecule has 0 bridgehead atoms. The van der Waals surface area contributed by atoms with Crippen LogP contribution in [0, 0.1) is 0 Å². The van der Waals surface area contributed by atoms with Crippen molar-refractivity contribution in [3.05, 3.63) is 0 Å². The highest BCUT2D eigenvalue weighted by molar-refractivity contribution is 14.0. The van der Waals surface area contributed by atoms with Crippen molar-refractivity contribution in [3.8, 4) is 0 Å². The number of carbonyl (C=O) groups is 1. The molecule has 0 radical (unpaired) electrons. The zero-order valence-electron chi connectivity index (χ0n) is 16.2. The van der Waals surface area contributed by atoms with Gasteiger partial charge >= 0.3 is 0 Å². The van der Waals surface area contributed by atoms with Crippen molar-refractivity contribution in [1.29, 1.82) is 0 Å². The average Bonchev–Trinajstić information content (AvgIpc) is 2.63. The molecule has 2 rings (SSSR count). The van der Waals surface area contributed by atoms with Gasteiger partial charge in [0.15, 0.2) is 5.96 Å². The molecule has 0 unspecified atom stereocenters. The molecule has 152 valence electrons. The highest BCUT2D eigenvalue weighted by Gasteiger charge is 2.17. The molecule has 0 saturated carbocycles. The van der Waals surface area contributed by atoms with Crippen LogP contribution in [0.4, 0.5) is 0 Å². The van der Waals surface area contributed by atoms with E-state index >= 15 is 0 Å². The Kier molecular flexibility index (Phi) is 12.2. The minimum absolute atomic E-state index is 0. The first-order chi connectivity index (χ1) is 12.2. The van der Waals surface area contributed by atoms with Crippen LogP contribution in [0.3, 0.4) is 0 Å². The van der Waals surface area contributed by atoms with E-state index in [1.807, 2.05) is 4.90 Å². The summed E-state index contributed by atoms with van der Waals surface area (Å²) < 4.78 is 5.37. The van der Waals surface area contributed by atoms with Crippen molar-refractivity contribution in [2.75, 3.05) is 85.2 Å². The number of halogens is 1. The minimum Gasteiger partial charge on any atom is -0.379 e. The Morgan fingerprint density at radius 1 is 1.00 bits per heavy atom. The fourth-order valence-electron chi connectivity index (χ4n) is 3.09. The Bertz CT molecular complexity index is 423. The fraction of sp³-hybridized carbons (Fsp3) is 0.882. The number of nitrogens with one attached hydrogen (secondary N) is 2. The van der Waals surface area contributed by atoms with Crippen molar-refractivity contribution >= 4 is 35.8 Å². The average molecular weight is 482 g/mol. The molecule has 0 aromatic rings. The third-order valence-corrected chi connectivity index (χ3v) is 4.67. The summed E-state index contributed by atoms with van der Waals surface area (Å²) in [5.74, 6) is 1.06. The Balaban J connectivity index is 0.00000338. The van der Waals surface area contributed by atoms with Crippen molar-refractivity contribution in [2.24, 2.45) is 4.99 Å². The van der Waals surface area contributed by atoms with Gasteiger partial charge in [0.25, 0.3) is 0 Å². The molecule has 8 nitrogen and oxygen atoms in total. The normalized spacial score (nSPS) is 19.8. The van der Waals surface area contributed by atoms with E-state index in [1.54, 1.807) is 6.92 Å². The standard InChI is InChI=1S/C17H34N6O2.HI/c1-3-18-17(20-5-7-22-12-14-25-15-13-22)19-4-6-21-8-10-23(11-9-21)16(2)24;/h3-15H2,1-2H3,(H2,18,19,20);1H. The number of morpholine rings is 1. The monoisotopic (exact) mass is 482 g/mol. The van der Waals surface area contributed by atoms with Crippen LogP contribution in [0.15, 0.2) is 4.99 Å². The van der Waals surface area contributed by atoms with Gasteiger partial charge in [0.1, 0.15) is 0 Å². The van der Waals surface area contributed by atoms with E-state index in [1.165, 1.54) is 0 Å². The highest BCUT2D eigenvalue weighted by Crippen LogP contribution is 2.01. The van der Waals surface area contributed by atoms with Crippen molar-refractivity contribution in [3.63, 3.8) is 0 Å². The maximum atomic E-state index is 11.4. The van der Waals surface area contributed by atoms with Gasteiger partial charge in [-0.1, -0.05) is 0 Å². The van der Waals surface area contributed by atoms with Gasteiger partial charge < -0.3 is 20.3 Å². The molecule has 0 aliphatic carbocycles. The van der Waals surface area contributed by atoms with Gasteiger partial charge in [0, 0.05) is 72.4 Å². The van der Waals surface area contributed by atoms with Crippen LogP contribution in [0.1, 0.15) is 13.8 Å². The zero-order valence-corrected chi connectivity index (χ0v) is 18.5. The number of hydrogen-bond donors (Lipinski definition) is 2. The van der Waals surface area contributed by atoms with E-state index in [0.717, 1.165) is 91.2 Å². The molecule has 9 heteroatoms. The van der Waals surface area contributed by atoms with E-state index < -0.39 is 0 Å². The van der Waals surface area contributed by atoms with Gasteiger partial charge in [-0.25, -0.2) is 0 Å². The van der Waals surface area contributed by atoms with Gasteiger partial charge in [0.05, 0.1) is 19.8 Å². The van der Waals surface area contributed by atoms with Crippen molar-refractivity contribution in [2.45, 2.75) is 13.8 Å². The number of ether oxygens (including phenoxy) is 1. The van der Waals surface area contributed by atoms with Gasteiger partial charge in [0.2, 0.25) is 5.91 Å². The van der Waals surface area contributed by atoms with Gasteiger partial charge in [-0.05, 0) is 6.92 Å². The highest BCUT2D eigenvalue weighted by atomic mass is 127. The number of amides is 1. The predicted octanol–water partition coefficient (Wildman–Crippen LogP) is -0.344. The minimum atomic E-state index is 0. The van der Waals surface area contributed by atoms with E-state index in [0.29, 0.717) is 0 Å². The number of carbonyl (C=O) groups excluding carboxylic acids is 1. The molecule has 2 saturated heterocycles. The van der Waals surface area contributed by atoms with Gasteiger partial charge in [-0.3, -0.25) is 19.6 Å². The molecule has 0 aromatic carbocycles. The topological polar surface area (TPSA) is 72.4 Å². The summed E-state index contributed by atoms with van der Waals surface area (Å²) in [6, 6.07) is 0.